The van der Waals surface area contributed by atoms with Crippen molar-refractivity contribution in [1.29, 1.82) is 0 Å². The number of aryl methyl sites for hydroxylation is 1. The van der Waals surface area contributed by atoms with Crippen molar-refractivity contribution in [2.24, 2.45) is 0 Å². The molecule has 0 unspecified atom stereocenters. The molecule has 0 aliphatic carbocycles. The van der Waals surface area contributed by atoms with E-state index in [1.165, 1.54) is 5.56 Å². The van der Waals surface area contributed by atoms with Crippen molar-refractivity contribution in [3.63, 3.8) is 0 Å². The molecule has 0 bridgehead atoms. The molecule has 1 amide bonds. The summed E-state index contributed by atoms with van der Waals surface area (Å²) in [6.07, 6.45) is 2.58. The number of anilines is 1. The average Bonchev–Trinajstić information content (AvgIpc) is 2.66. The molecule has 3 rings (SSSR count). The number of carbonyl (C=O) groups excluding carboxylic acids is 1. The lowest BCUT2D eigenvalue weighted by atomic mass is 10.1. The van der Waals surface area contributed by atoms with Gasteiger partial charge in [-0.15, -0.1) is 0 Å². The normalized spacial score (nSPS) is 14.4. The molecule has 0 radical (unpaired) electrons. The second-order valence-corrected chi connectivity index (χ2v) is 7.38. The molecular formula is C19H24N4OS. The number of rotatable bonds is 5. The minimum Gasteiger partial charge on any atom is -0.354 e. The molecule has 25 heavy (non-hydrogen) atoms. The van der Waals surface area contributed by atoms with Gasteiger partial charge >= 0.3 is 0 Å². The third kappa shape index (κ3) is 4.31. The minimum atomic E-state index is -0.0918. The maximum absolute atomic E-state index is 12.5. The van der Waals surface area contributed by atoms with E-state index in [1.807, 2.05) is 30.8 Å². The van der Waals surface area contributed by atoms with Gasteiger partial charge in [-0.25, -0.2) is 9.97 Å². The summed E-state index contributed by atoms with van der Waals surface area (Å²) in [5.74, 6) is 3.44. The Bertz CT molecular complexity index is 744. The number of hydrogen-bond acceptors (Lipinski definition) is 5. The highest BCUT2D eigenvalue weighted by molar-refractivity contribution is 7.99. The third-order valence-corrected chi connectivity index (χ3v) is 5.08. The summed E-state index contributed by atoms with van der Waals surface area (Å²) in [5.41, 5.74) is 2.71. The zero-order valence-corrected chi connectivity index (χ0v) is 15.6. The van der Waals surface area contributed by atoms with Gasteiger partial charge in [-0.1, -0.05) is 30.7 Å². The predicted octanol–water partition coefficient (Wildman–Crippen LogP) is 3.15. The number of thioether (sulfide) groups is 1. The number of carbonyl (C=O) groups is 1. The van der Waals surface area contributed by atoms with Gasteiger partial charge in [0.25, 0.3) is 5.91 Å². The van der Waals surface area contributed by atoms with Gasteiger partial charge in [0.2, 0.25) is 0 Å². The van der Waals surface area contributed by atoms with E-state index in [2.05, 4.69) is 34.3 Å². The molecule has 1 N–H and O–H groups in total. The molecule has 1 aromatic heterocycles. The molecular weight excluding hydrogens is 332 g/mol. The number of nitrogens with one attached hydrogen (secondary N) is 1. The van der Waals surface area contributed by atoms with Crippen LogP contribution in [-0.2, 0) is 0 Å². The molecule has 0 spiro atoms. The molecule has 2 heterocycles. The fourth-order valence-electron chi connectivity index (χ4n) is 2.81. The van der Waals surface area contributed by atoms with E-state index in [0.29, 0.717) is 17.9 Å². The molecule has 5 nitrogen and oxygen atoms in total. The summed E-state index contributed by atoms with van der Waals surface area (Å²) >= 11 is 1.94. The number of hydrogen-bond donors (Lipinski definition) is 1. The van der Waals surface area contributed by atoms with E-state index >= 15 is 0 Å². The van der Waals surface area contributed by atoms with E-state index in [1.54, 1.807) is 6.20 Å². The first-order valence-electron chi connectivity index (χ1n) is 8.74. The van der Waals surface area contributed by atoms with Gasteiger partial charge in [-0.05, 0) is 19.4 Å². The van der Waals surface area contributed by atoms with Gasteiger partial charge in [0.05, 0.1) is 0 Å². The van der Waals surface area contributed by atoms with Crippen LogP contribution >= 0.6 is 11.8 Å². The Balaban J connectivity index is 1.99. The first-order valence-corrected chi connectivity index (χ1v) is 9.89. The van der Waals surface area contributed by atoms with Crippen molar-refractivity contribution in [2.45, 2.75) is 20.3 Å². The molecule has 6 heteroatoms. The van der Waals surface area contributed by atoms with Crippen molar-refractivity contribution in [1.82, 2.24) is 15.3 Å². The number of amides is 1. The van der Waals surface area contributed by atoms with Crippen molar-refractivity contribution in [3.05, 3.63) is 41.6 Å². The molecule has 1 saturated heterocycles. The smallest absolute Gasteiger partial charge is 0.256 e. The molecule has 1 fully saturated rings. The monoisotopic (exact) mass is 356 g/mol. The molecule has 132 valence electrons. The van der Waals surface area contributed by atoms with Gasteiger partial charge in [0, 0.05) is 42.9 Å². The van der Waals surface area contributed by atoms with Gasteiger partial charge in [0.15, 0.2) is 5.82 Å². The highest BCUT2D eigenvalue weighted by Crippen LogP contribution is 2.25. The van der Waals surface area contributed by atoms with Crippen LogP contribution in [0.25, 0.3) is 11.4 Å². The minimum absolute atomic E-state index is 0.0918. The summed E-state index contributed by atoms with van der Waals surface area (Å²) in [5, 5.41) is 2.95. The van der Waals surface area contributed by atoms with E-state index in [0.717, 1.165) is 42.4 Å². The van der Waals surface area contributed by atoms with Gasteiger partial charge in [-0.3, -0.25) is 4.79 Å². The standard InChI is InChI=1S/C19H24N4OS/c1-3-7-20-19(24)16-13-21-17(15-6-4-5-14(2)12-15)22-18(16)23-8-10-25-11-9-23/h4-6,12-13H,3,7-11H2,1-2H3,(H,20,24). The Kier molecular flexibility index (Phi) is 5.91. The molecule has 0 saturated carbocycles. The molecule has 1 aromatic carbocycles. The summed E-state index contributed by atoms with van der Waals surface area (Å²) in [7, 11) is 0. The Morgan fingerprint density at radius 2 is 2.12 bits per heavy atom. The Hall–Kier alpha value is -2.08. The lowest BCUT2D eigenvalue weighted by Crippen LogP contribution is -2.36. The van der Waals surface area contributed by atoms with E-state index < -0.39 is 0 Å². The van der Waals surface area contributed by atoms with Crippen LogP contribution in [0.1, 0.15) is 29.3 Å². The van der Waals surface area contributed by atoms with Crippen molar-refractivity contribution >= 4 is 23.5 Å². The van der Waals surface area contributed by atoms with Crippen LogP contribution in [0.4, 0.5) is 5.82 Å². The van der Waals surface area contributed by atoms with Crippen molar-refractivity contribution in [3.8, 4) is 11.4 Å². The Labute approximate surface area is 153 Å². The van der Waals surface area contributed by atoms with Crippen LogP contribution in [0.5, 0.6) is 0 Å². The molecule has 1 aliphatic heterocycles. The maximum Gasteiger partial charge on any atom is 0.256 e. The zero-order valence-electron chi connectivity index (χ0n) is 14.8. The molecule has 2 aromatic rings. The Morgan fingerprint density at radius 3 is 2.84 bits per heavy atom. The first kappa shape index (κ1) is 17.7. The third-order valence-electron chi connectivity index (χ3n) is 4.14. The second-order valence-electron chi connectivity index (χ2n) is 6.16. The second kappa shape index (κ2) is 8.34. The van der Waals surface area contributed by atoms with Crippen LogP contribution in [0.3, 0.4) is 0 Å². The van der Waals surface area contributed by atoms with E-state index in [4.69, 9.17) is 4.98 Å². The number of nitrogens with zero attached hydrogens (tertiary/aromatic N) is 3. The summed E-state index contributed by atoms with van der Waals surface area (Å²) in [6.45, 7) is 6.57. The first-order chi connectivity index (χ1) is 12.2. The van der Waals surface area contributed by atoms with Crippen LogP contribution in [0.15, 0.2) is 30.5 Å². The molecule has 1 aliphatic rings. The fourth-order valence-corrected chi connectivity index (χ4v) is 3.71. The van der Waals surface area contributed by atoms with E-state index in [-0.39, 0.29) is 5.91 Å². The zero-order chi connectivity index (χ0) is 17.6. The van der Waals surface area contributed by atoms with Crippen molar-refractivity contribution in [2.75, 3.05) is 36.0 Å². The largest absolute Gasteiger partial charge is 0.354 e. The lowest BCUT2D eigenvalue weighted by Gasteiger charge is -2.29. The highest BCUT2D eigenvalue weighted by atomic mass is 32.2. The van der Waals surface area contributed by atoms with E-state index in [9.17, 15) is 4.79 Å². The molecule has 0 atom stereocenters. The van der Waals surface area contributed by atoms with Crippen LogP contribution < -0.4 is 10.2 Å². The van der Waals surface area contributed by atoms with Gasteiger partial charge in [0.1, 0.15) is 11.4 Å². The van der Waals surface area contributed by atoms with Crippen molar-refractivity contribution < 1.29 is 4.79 Å². The average molecular weight is 356 g/mol. The van der Waals surface area contributed by atoms with Crippen LogP contribution in [0, 0.1) is 6.92 Å². The quantitative estimate of drug-likeness (QED) is 0.892. The number of benzene rings is 1. The lowest BCUT2D eigenvalue weighted by molar-refractivity contribution is 0.0953. The van der Waals surface area contributed by atoms with Crippen LogP contribution in [-0.4, -0.2) is 47.0 Å². The summed E-state index contributed by atoms with van der Waals surface area (Å²) in [4.78, 5) is 24.0. The highest BCUT2D eigenvalue weighted by Gasteiger charge is 2.21. The summed E-state index contributed by atoms with van der Waals surface area (Å²) < 4.78 is 0. The fraction of sp³-hybridized carbons (Fsp3) is 0.421. The van der Waals surface area contributed by atoms with Gasteiger partial charge < -0.3 is 10.2 Å². The number of aromatic nitrogens is 2. The SMILES string of the molecule is CCCNC(=O)c1cnc(-c2cccc(C)c2)nc1N1CCSCC1. The topological polar surface area (TPSA) is 58.1 Å². The Morgan fingerprint density at radius 1 is 1.32 bits per heavy atom. The maximum atomic E-state index is 12.5. The summed E-state index contributed by atoms with van der Waals surface area (Å²) in [6, 6.07) is 8.14. The predicted molar refractivity (Wildman–Crippen MR) is 104 cm³/mol. The van der Waals surface area contributed by atoms with Gasteiger partial charge in [-0.2, -0.15) is 11.8 Å². The van der Waals surface area contributed by atoms with Crippen LogP contribution in [0.2, 0.25) is 0 Å².